The van der Waals surface area contributed by atoms with Gasteiger partial charge in [-0.3, -0.25) is 4.79 Å². The zero-order valence-corrected chi connectivity index (χ0v) is 13.5. The van der Waals surface area contributed by atoms with Crippen LogP contribution >= 0.6 is 23.1 Å². The molecule has 0 radical (unpaired) electrons. The van der Waals surface area contributed by atoms with Crippen LogP contribution in [0.2, 0.25) is 0 Å². The number of nitrogen functional groups attached to an aromatic ring is 1. The maximum atomic E-state index is 12.1. The van der Waals surface area contributed by atoms with E-state index in [1.165, 1.54) is 24.2 Å². The lowest BCUT2D eigenvalue weighted by Gasteiger charge is -2.13. The van der Waals surface area contributed by atoms with Crippen LogP contribution in [-0.4, -0.2) is 24.7 Å². The normalized spacial score (nSPS) is 15.7. The van der Waals surface area contributed by atoms with E-state index in [4.69, 9.17) is 5.73 Å². The Hall–Kier alpha value is -1.14. The van der Waals surface area contributed by atoms with E-state index >= 15 is 0 Å². The van der Waals surface area contributed by atoms with Crippen molar-refractivity contribution < 1.29 is 4.79 Å². The highest BCUT2D eigenvalue weighted by molar-refractivity contribution is 7.99. The first-order chi connectivity index (χ1) is 9.58. The molecule has 110 valence electrons. The molecule has 4 nitrogen and oxygen atoms in total. The summed E-state index contributed by atoms with van der Waals surface area (Å²) in [4.78, 5) is 13.6. The predicted molar refractivity (Wildman–Crippen MR) is 88.9 cm³/mol. The number of carbonyl (C=O) groups excluding carboxylic acids is 1. The molecular weight excluding hydrogens is 290 g/mol. The maximum absolute atomic E-state index is 12.1. The molecule has 0 aromatic carbocycles. The Balaban J connectivity index is 2.18. The van der Waals surface area contributed by atoms with Gasteiger partial charge in [-0.1, -0.05) is 6.08 Å². The van der Waals surface area contributed by atoms with Gasteiger partial charge in [-0.15, -0.1) is 29.7 Å². The minimum absolute atomic E-state index is 0.130. The molecule has 0 spiro atoms. The van der Waals surface area contributed by atoms with Crippen LogP contribution in [0.1, 0.15) is 29.4 Å². The average Bonchev–Trinajstić information content (AvgIpc) is 3.22. The van der Waals surface area contributed by atoms with E-state index < -0.39 is 0 Å². The molecule has 4 N–H and O–H groups in total. The molecule has 1 unspecified atom stereocenters. The highest BCUT2D eigenvalue weighted by atomic mass is 32.2. The van der Waals surface area contributed by atoms with Gasteiger partial charge in [0.05, 0.1) is 10.6 Å². The SMILES string of the molecule is C=CCNC(=O)c1sc(NC(C)C2CC2)c(SC)c1N. The van der Waals surface area contributed by atoms with Crippen LogP contribution in [0.3, 0.4) is 0 Å². The van der Waals surface area contributed by atoms with Crippen LogP contribution in [0.4, 0.5) is 10.7 Å². The second-order valence-corrected chi connectivity index (χ2v) is 6.81. The molecule has 0 saturated heterocycles. The van der Waals surface area contributed by atoms with Gasteiger partial charge in [0.2, 0.25) is 0 Å². The molecule has 1 amide bonds. The van der Waals surface area contributed by atoms with Crippen LogP contribution in [0, 0.1) is 5.92 Å². The summed E-state index contributed by atoms with van der Waals surface area (Å²) < 4.78 is 0. The van der Waals surface area contributed by atoms with Crippen molar-refractivity contribution in [1.82, 2.24) is 5.32 Å². The Kier molecular flexibility index (Phi) is 4.99. The quantitative estimate of drug-likeness (QED) is 0.534. The lowest BCUT2D eigenvalue weighted by Crippen LogP contribution is -2.23. The topological polar surface area (TPSA) is 67.2 Å². The second kappa shape index (κ2) is 6.54. The molecule has 6 heteroatoms. The maximum Gasteiger partial charge on any atom is 0.263 e. The molecule has 1 saturated carbocycles. The summed E-state index contributed by atoms with van der Waals surface area (Å²) in [5.41, 5.74) is 6.70. The lowest BCUT2D eigenvalue weighted by atomic mass is 10.2. The Bertz CT molecular complexity index is 509. The zero-order chi connectivity index (χ0) is 14.7. The van der Waals surface area contributed by atoms with Crippen molar-refractivity contribution in [3.63, 3.8) is 0 Å². The fourth-order valence-electron chi connectivity index (χ4n) is 2.06. The largest absolute Gasteiger partial charge is 0.396 e. The molecule has 0 bridgehead atoms. The fourth-order valence-corrected chi connectivity index (χ4v) is 4.10. The van der Waals surface area contributed by atoms with E-state index in [-0.39, 0.29) is 5.91 Å². The summed E-state index contributed by atoms with van der Waals surface area (Å²) in [7, 11) is 0. The molecule has 1 fully saturated rings. The number of nitrogens with two attached hydrogens (primary N) is 1. The number of carbonyl (C=O) groups is 1. The highest BCUT2D eigenvalue weighted by Crippen LogP contribution is 2.43. The number of thiophene rings is 1. The van der Waals surface area contributed by atoms with Gasteiger partial charge in [0.25, 0.3) is 5.91 Å². The third-order valence-corrected chi connectivity index (χ3v) is 5.50. The Morgan fingerprint density at radius 1 is 1.65 bits per heavy atom. The minimum atomic E-state index is -0.130. The molecule has 1 aliphatic rings. The smallest absolute Gasteiger partial charge is 0.263 e. The molecular formula is C14H21N3OS2. The fraction of sp³-hybridized carbons (Fsp3) is 0.500. The number of thioether (sulfide) groups is 1. The van der Waals surface area contributed by atoms with Gasteiger partial charge in [0.1, 0.15) is 9.88 Å². The third kappa shape index (κ3) is 3.30. The Labute approximate surface area is 128 Å². The first-order valence-corrected chi connectivity index (χ1v) is 8.74. The van der Waals surface area contributed by atoms with Gasteiger partial charge in [0, 0.05) is 12.6 Å². The Morgan fingerprint density at radius 2 is 2.35 bits per heavy atom. The molecule has 2 rings (SSSR count). The van der Waals surface area contributed by atoms with Crippen LogP contribution < -0.4 is 16.4 Å². The molecule has 1 aromatic heterocycles. The number of nitrogens with one attached hydrogen (secondary N) is 2. The number of hydrogen-bond donors (Lipinski definition) is 3. The van der Waals surface area contributed by atoms with Crippen LogP contribution in [-0.2, 0) is 0 Å². The first-order valence-electron chi connectivity index (χ1n) is 6.70. The molecule has 0 aliphatic heterocycles. The number of anilines is 2. The number of amides is 1. The molecule has 1 aliphatic carbocycles. The lowest BCUT2D eigenvalue weighted by molar-refractivity contribution is 0.0963. The van der Waals surface area contributed by atoms with Gasteiger partial charge in [-0.25, -0.2) is 0 Å². The second-order valence-electron chi connectivity index (χ2n) is 4.98. The van der Waals surface area contributed by atoms with Gasteiger partial charge >= 0.3 is 0 Å². The van der Waals surface area contributed by atoms with E-state index in [1.54, 1.807) is 17.8 Å². The van der Waals surface area contributed by atoms with Gasteiger partial charge in [-0.2, -0.15) is 0 Å². The summed E-state index contributed by atoms with van der Waals surface area (Å²) in [5, 5.41) is 7.30. The molecule has 1 heterocycles. The summed E-state index contributed by atoms with van der Waals surface area (Å²) >= 11 is 3.02. The summed E-state index contributed by atoms with van der Waals surface area (Å²) in [5.74, 6) is 0.626. The van der Waals surface area contributed by atoms with Gasteiger partial charge < -0.3 is 16.4 Å². The highest BCUT2D eigenvalue weighted by Gasteiger charge is 2.29. The minimum Gasteiger partial charge on any atom is -0.396 e. The predicted octanol–water partition coefficient (Wildman–Crippen LogP) is 3.18. The third-order valence-electron chi connectivity index (χ3n) is 3.40. The zero-order valence-electron chi connectivity index (χ0n) is 11.9. The van der Waals surface area contributed by atoms with E-state index in [0.29, 0.717) is 23.2 Å². The van der Waals surface area contributed by atoms with E-state index in [9.17, 15) is 4.79 Å². The standard InChI is InChI=1S/C14H21N3OS2/c1-4-7-16-13(18)11-10(15)12(19-3)14(20-11)17-8(2)9-5-6-9/h4,8-9,17H,1,5-7,15H2,2-3H3,(H,16,18). The van der Waals surface area contributed by atoms with Crippen LogP contribution in [0.5, 0.6) is 0 Å². The van der Waals surface area contributed by atoms with Gasteiger partial charge in [-0.05, 0) is 31.9 Å². The number of rotatable bonds is 7. The van der Waals surface area contributed by atoms with Crippen molar-refractivity contribution in [2.24, 2.45) is 5.92 Å². The van der Waals surface area contributed by atoms with Crippen molar-refractivity contribution in [2.45, 2.75) is 30.7 Å². The molecule has 20 heavy (non-hydrogen) atoms. The first kappa shape index (κ1) is 15.3. The monoisotopic (exact) mass is 311 g/mol. The summed E-state index contributed by atoms with van der Waals surface area (Å²) in [6.45, 7) is 6.23. The van der Waals surface area contributed by atoms with Gasteiger partial charge in [0.15, 0.2) is 0 Å². The van der Waals surface area contributed by atoms with Crippen LogP contribution in [0.15, 0.2) is 17.6 Å². The van der Waals surface area contributed by atoms with Crippen LogP contribution in [0.25, 0.3) is 0 Å². The summed E-state index contributed by atoms with van der Waals surface area (Å²) in [6.07, 6.45) is 6.22. The summed E-state index contributed by atoms with van der Waals surface area (Å²) in [6, 6.07) is 0.433. The van der Waals surface area contributed by atoms with E-state index in [2.05, 4.69) is 24.1 Å². The molecule has 1 atom stereocenters. The van der Waals surface area contributed by atoms with Crippen molar-refractivity contribution >= 4 is 39.7 Å². The van der Waals surface area contributed by atoms with Crippen molar-refractivity contribution in [2.75, 3.05) is 23.9 Å². The Morgan fingerprint density at radius 3 is 2.90 bits per heavy atom. The van der Waals surface area contributed by atoms with Crippen molar-refractivity contribution in [3.05, 3.63) is 17.5 Å². The van der Waals surface area contributed by atoms with E-state index in [1.807, 2.05) is 6.26 Å². The molecule has 1 aromatic rings. The van der Waals surface area contributed by atoms with Crippen molar-refractivity contribution in [1.29, 1.82) is 0 Å². The van der Waals surface area contributed by atoms with Crippen molar-refractivity contribution in [3.8, 4) is 0 Å². The average molecular weight is 311 g/mol. The number of hydrogen-bond acceptors (Lipinski definition) is 5. The van der Waals surface area contributed by atoms with E-state index in [0.717, 1.165) is 15.8 Å².